The molecule has 0 saturated carbocycles. The van der Waals surface area contributed by atoms with Crippen LogP contribution in [-0.4, -0.2) is 0 Å². The van der Waals surface area contributed by atoms with E-state index in [4.69, 9.17) is 0 Å². The average molecular weight is 473 g/mol. The maximum Gasteiger partial charge on any atom is 2.00 e. The molecule has 0 heterocycles. The van der Waals surface area contributed by atoms with Crippen LogP contribution in [0.5, 0.6) is 0 Å². The van der Waals surface area contributed by atoms with Crippen molar-refractivity contribution in [2.75, 3.05) is 0 Å². The average Bonchev–Trinajstić information content (AvgIpc) is 0. The Bertz CT molecular complexity index is 23.7. The molecule has 0 aromatic carbocycles. The standard InChI is InChI=1S/7CH3.2Ar.4Cu.H3P/h7*1H3;;;;;;;1H3/q7*-1;;;;;+1;+2;. The molecule has 0 aromatic heterocycles. The normalized spacial score (nSPS) is 0. The monoisotopic (exact) mass is 471 g/mol. The summed E-state index contributed by atoms with van der Waals surface area (Å²) in [4.78, 5) is 0. The van der Waals surface area contributed by atoms with Gasteiger partial charge in [0, 0.05) is 110 Å². The van der Waals surface area contributed by atoms with Gasteiger partial charge in [0.15, 0.2) is 0 Å². The van der Waals surface area contributed by atoms with Crippen LogP contribution in [0.25, 0.3) is 0 Å². The molecule has 3 radical (unpaired) electrons. The Kier molecular flexibility index (Phi) is 3610. The fraction of sp³-hybridized carbons (Fsp3) is 0. The van der Waals surface area contributed by atoms with Crippen molar-refractivity contribution in [3.8, 4) is 0 Å². The first kappa shape index (κ1) is 245. The van der Waals surface area contributed by atoms with E-state index in [0.29, 0.717) is 0 Å². The molecule has 0 amide bonds. The molecule has 0 spiro atoms. The van der Waals surface area contributed by atoms with Crippen molar-refractivity contribution in [1.29, 1.82) is 0 Å². The van der Waals surface area contributed by atoms with Crippen LogP contribution in [0.4, 0.5) is 0 Å². The van der Waals surface area contributed by atoms with Gasteiger partial charge in [-0.1, -0.05) is 0 Å². The molecule has 121 valence electrons. The zero-order valence-electron chi connectivity index (χ0n) is 9.62. The van der Waals surface area contributed by atoms with Crippen molar-refractivity contribution in [2.45, 2.75) is 0 Å². The smallest absolute Gasteiger partial charge is 0.358 e. The second-order valence-corrected chi connectivity index (χ2v) is 0. The fourth-order valence-electron chi connectivity index (χ4n) is 0. The third-order valence-electron chi connectivity index (χ3n) is 0. The van der Waals surface area contributed by atoms with Crippen LogP contribution in [0.2, 0.25) is 0 Å². The molecule has 14 heavy (non-hydrogen) atoms. The molecule has 0 aliphatic rings. The van der Waals surface area contributed by atoms with E-state index in [9.17, 15) is 0 Å². The van der Waals surface area contributed by atoms with Crippen LogP contribution in [0, 0.1) is 127 Å². The van der Waals surface area contributed by atoms with E-state index in [1.165, 1.54) is 0 Å². The Hall–Kier alpha value is 5.03. The molecular formula is C7H24Ar2Cu4P-4. The largest absolute Gasteiger partial charge is 2.00 e. The molecular weight excluding hydrogens is 449 g/mol. The first-order valence-electron chi connectivity index (χ1n) is 0. The molecule has 0 aromatic rings. The quantitative estimate of drug-likeness (QED) is 0.288. The van der Waals surface area contributed by atoms with Crippen molar-refractivity contribution in [1.82, 2.24) is 0 Å². The van der Waals surface area contributed by atoms with Gasteiger partial charge in [0.05, 0.1) is 0 Å². The molecule has 0 N–H and O–H groups in total. The van der Waals surface area contributed by atoms with Crippen LogP contribution >= 0.6 is 9.90 Å². The summed E-state index contributed by atoms with van der Waals surface area (Å²) in [7, 11) is 0. The summed E-state index contributed by atoms with van der Waals surface area (Å²) in [6.07, 6.45) is 0. The molecule has 0 aliphatic carbocycles. The third kappa shape index (κ3) is 173. The van der Waals surface area contributed by atoms with Gasteiger partial charge in [0.2, 0.25) is 0 Å². The van der Waals surface area contributed by atoms with Gasteiger partial charge in [-0.3, -0.25) is 0 Å². The Morgan fingerprint density at radius 2 is 0.429 bits per heavy atom. The summed E-state index contributed by atoms with van der Waals surface area (Å²) in [5.41, 5.74) is 0. The SMILES string of the molecule is P.[Ar].[Ar].[CH3-].[CH3-].[CH3-].[CH3-].[CH3-].[CH3-].[CH3-].[Cu+2].[Cu+].[Cu].[Cu]. The summed E-state index contributed by atoms with van der Waals surface area (Å²) >= 11 is 0. The first-order valence-corrected chi connectivity index (χ1v) is 0. The second-order valence-electron chi connectivity index (χ2n) is 0. The van der Waals surface area contributed by atoms with Gasteiger partial charge in [-0.25, -0.2) is 0 Å². The van der Waals surface area contributed by atoms with Crippen LogP contribution < -0.4 is 0 Å². The molecule has 0 nitrogen and oxygen atoms in total. The molecule has 1 atom stereocenters. The topological polar surface area (TPSA) is 0 Å². The molecule has 1 unspecified atom stereocenters. The van der Waals surface area contributed by atoms with Crippen molar-refractivity contribution in [2.24, 2.45) is 0 Å². The van der Waals surface area contributed by atoms with Crippen LogP contribution in [0.1, 0.15) is 0 Å². The van der Waals surface area contributed by atoms with Gasteiger partial charge in [-0.2, -0.15) is 9.90 Å². The minimum atomic E-state index is 0. The summed E-state index contributed by atoms with van der Waals surface area (Å²) in [6, 6.07) is 0. The zero-order valence-corrected chi connectivity index (χ0v) is 16.2. The Labute approximate surface area is 201 Å². The van der Waals surface area contributed by atoms with Gasteiger partial charge in [0.1, 0.15) is 0 Å². The second kappa shape index (κ2) is 207. The van der Waals surface area contributed by atoms with E-state index < -0.39 is 0 Å². The number of hydrogen-bond acceptors (Lipinski definition) is 0. The predicted octanol–water partition coefficient (Wildman–Crippen LogP) is 3.20. The van der Waals surface area contributed by atoms with E-state index in [2.05, 4.69) is 0 Å². The van der Waals surface area contributed by atoms with Crippen LogP contribution in [0.3, 0.4) is 0 Å². The van der Waals surface area contributed by atoms with E-state index >= 15 is 0 Å². The first-order chi connectivity index (χ1) is 0. The summed E-state index contributed by atoms with van der Waals surface area (Å²) in [5.74, 6) is 0. The van der Waals surface area contributed by atoms with Crippen LogP contribution in [0.15, 0.2) is 0 Å². The molecule has 0 saturated heterocycles. The fourth-order valence-corrected chi connectivity index (χ4v) is 0. The molecule has 0 fully saturated rings. The van der Waals surface area contributed by atoms with Gasteiger partial charge in [-0.05, 0) is 0 Å². The van der Waals surface area contributed by atoms with E-state index in [0.717, 1.165) is 0 Å². The van der Waals surface area contributed by atoms with Crippen molar-refractivity contribution < 1.29 is 144 Å². The maximum absolute atomic E-state index is 0. The van der Waals surface area contributed by atoms with Crippen molar-refractivity contribution in [3.05, 3.63) is 52.0 Å². The Balaban J connectivity index is 0. The van der Waals surface area contributed by atoms with Gasteiger partial charge >= 0.3 is 34.1 Å². The van der Waals surface area contributed by atoms with E-state index in [-0.39, 0.29) is 206 Å². The molecule has 0 rings (SSSR count). The summed E-state index contributed by atoms with van der Waals surface area (Å²) < 4.78 is 0. The third-order valence-corrected chi connectivity index (χ3v) is 0. The number of hydrogen-bond donors (Lipinski definition) is 0. The summed E-state index contributed by atoms with van der Waals surface area (Å²) in [6.45, 7) is 0. The van der Waals surface area contributed by atoms with E-state index in [1.54, 1.807) is 0 Å². The van der Waals surface area contributed by atoms with Crippen molar-refractivity contribution in [3.63, 3.8) is 0 Å². The minimum Gasteiger partial charge on any atom is -0.358 e. The van der Waals surface area contributed by atoms with Crippen molar-refractivity contribution >= 4 is 9.90 Å². The van der Waals surface area contributed by atoms with Crippen LogP contribution in [-0.2, 0) is 68.3 Å². The Morgan fingerprint density at radius 3 is 0.429 bits per heavy atom. The molecule has 0 bridgehead atoms. The zero-order chi connectivity index (χ0) is 0. The predicted molar refractivity (Wildman–Crippen MR) is 56.0 cm³/mol. The summed E-state index contributed by atoms with van der Waals surface area (Å²) in [5, 5.41) is 0. The minimum absolute atomic E-state index is 0. The molecule has 0 aliphatic heterocycles. The van der Waals surface area contributed by atoms with Gasteiger partial charge in [0.25, 0.3) is 0 Å². The molecule has 7 heteroatoms. The number of rotatable bonds is 0. The Morgan fingerprint density at radius 1 is 0.429 bits per heavy atom. The van der Waals surface area contributed by atoms with Gasteiger partial charge in [-0.15, -0.1) is 0 Å². The van der Waals surface area contributed by atoms with Gasteiger partial charge < -0.3 is 52.0 Å². The maximum atomic E-state index is 0. The van der Waals surface area contributed by atoms with E-state index in [1.807, 2.05) is 0 Å².